The number of carbonyl (C=O) groups is 1. The summed E-state index contributed by atoms with van der Waals surface area (Å²) in [5, 5.41) is 5.77. The van der Waals surface area contributed by atoms with Crippen molar-refractivity contribution in [3.63, 3.8) is 0 Å². The lowest BCUT2D eigenvalue weighted by atomic mass is 10.2. The fraction of sp³-hybridized carbons (Fsp3) is 0. The van der Waals surface area contributed by atoms with Crippen molar-refractivity contribution in [3.05, 3.63) is 84.1 Å². The Labute approximate surface area is 152 Å². The molecule has 4 aromatic rings. The Morgan fingerprint density at radius 1 is 1.15 bits per heavy atom. The molecule has 128 valence electrons. The van der Waals surface area contributed by atoms with Crippen LogP contribution in [0.3, 0.4) is 0 Å². The van der Waals surface area contributed by atoms with E-state index in [2.05, 4.69) is 10.1 Å². The van der Waals surface area contributed by atoms with Crippen LogP contribution in [0.15, 0.2) is 76.4 Å². The molecule has 5 nitrogen and oxygen atoms in total. The Hall–Kier alpha value is -3.32. The molecular formula is C19H12FN3O2S. The Morgan fingerprint density at radius 2 is 2.04 bits per heavy atom. The van der Waals surface area contributed by atoms with E-state index in [9.17, 15) is 9.18 Å². The van der Waals surface area contributed by atoms with Crippen molar-refractivity contribution >= 4 is 38.8 Å². The van der Waals surface area contributed by atoms with Gasteiger partial charge in [0, 0.05) is 5.56 Å². The number of benzene rings is 2. The third-order valence-electron chi connectivity index (χ3n) is 3.57. The maximum absolute atomic E-state index is 13.5. The summed E-state index contributed by atoms with van der Waals surface area (Å²) in [6.07, 6.45) is 2.93. The highest BCUT2D eigenvalue weighted by molar-refractivity contribution is 7.22. The first-order chi connectivity index (χ1) is 12.7. The lowest BCUT2D eigenvalue weighted by molar-refractivity contribution is 0.0987. The molecule has 2 aromatic carbocycles. The number of thiazole rings is 1. The van der Waals surface area contributed by atoms with Gasteiger partial charge in [0.05, 0.1) is 22.7 Å². The average Bonchev–Trinajstić information content (AvgIpc) is 3.31. The Kier molecular flexibility index (Phi) is 4.28. The van der Waals surface area contributed by atoms with Crippen molar-refractivity contribution in [2.45, 2.75) is 0 Å². The van der Waals surface area contributed by atoms with Gasteiger partial charge in [-0.15, -0.1) is 0 Å². The minimum Gasteiger partial charge on any atom is -0.463 e. The normalized spacial score (nSPS) is 11.3. The second kappa shape index (κ2) is 6.89. The summed E-state index contributed by atoms with van der Waals surface area (Å²) in [5.74, 6) is -0.482. The summed E-state index contributed by atoms with van der Waals surface area (Å²) in [5.41, 5.74) is 0.943. The first-order valence-corrected chi connectivity index (χ1v) is 8.55. The highest BCUT2D eigenvalue weighted by Gasteiger charge is 2.21. The van der Waals surface area contributed by atoms with Gasteiger partial charge < -0.3 is 4.42 Å². The van der Waals surface area contributed by atoms with Gasteiger partial charge in [-0.1, -0.05) is 29.5 Å². The molecule has 1 amide bonds. The molecule has 0 spiro atoms. The molecule has 0 aliphatic heterocycles. The smallest absolute Gasteiger partial charge is 0.280 e. The molecule has 0 saturated heterocycles. The summed E-state index contributed by atoms with van der Waals surface area (Å²) in [6, 6.07) is 16.4. The predicted molar refractivity (Wildman–Crippen MR) is 99.1 cm³/mol. The van der Waals surface area contributed by atoms with Crippen molar-refractivity contribution < 1.29 is 13.6 Å². The molecule has 2 heterocycles. The van der Waals surface area contributed by atoms with Crippen LogP contribution in [0.2, 0.25) is 0 Å². The predicted octanol–water partition coefficient (Wildman–Crippen LogP) is 4.71. The number of anilines is 1. The number of fused-ring (bicyclic) bond motifs is 1. The minimum absolute atomic E-state index is 0.181. The Bertz CT molecular complexity index is 1060. The molecule has 0 N–H and O–H groups in total. The minimum atomic E-state index is -0.491. The zero-order valence-electron chi connectivity index (χ0n) is 13.4. The van der Waals surface area contributed by atoms with Crippen LogP contribution in [0.25, 0.3) is 10.2 Å². The third-order valence-corrected chi connectivity index (χ3v) is 4.58. The first kappa shape index (κ1) is 16.2. The number of hydrogen-bond acceptors (Lipinski definition) is 5. The Morgan fingerprint density at radius 3 is 2.81 bits per heavy atom. The molecule has 0 saturated carbocycles. The number of rotatable bonds is 4. The van der Waals surface area contributed by atoms with E-state index in [0.29, 0.717) is 10.9 Å². The summed E-state index contributed by atoms with van der Waals surface area (Å²) >= 11 is 1.33. The number of aromatic nitrogens is 1. The van der Waals surface area contributed by atoms with E-state index in [4.69, 9.17) is 4.42 Å². The van der Waals surface area contributed by atoms with Crippen molar-refractivity contribution in [2.75, 3.05) is 5.01 Å². The largest absolute Gasteiger partial charge is 0.463 e. The second-order valence-corrected chi connectivity index (χ2v) is 6.36. The summed E-state index contributed by atoms with van der Waals surface area (Å²) in [4.78, 5) is 17.4. The highest BCUT2D eigenvalue weighted by Crippen LogP contribution is 2.30. The standard InChI is InChI=1S/C19H12FN3O2S/c20-14-6-3-5-13(11-14)18(24)23(21-12-15-7-4-10-25-15)19-22-16-8-1-2-9-17(16)26-19/h1-12H/b21-12-. The van der Waals surface area contributed by atoms with Gasteiger partial charge >= 0.3 is 0 Å². The van der Waals surface area contributed by atoms with Gasteiger partial charge in [-0.2, -0.15) is 10.1 Å². The van der Waals surface area contributed by atoms with Crippen molar-refractivity contribution in [3.8, 4) is 0 Å². The summed E-state index contributed by atoms with van der Waals surface area (Å²) in [6.45, 7) is 0. The van der Waals surface area contributed by atoms with Gasteiger partial charge in [0.2, 0.25) is 5.13 Å². The molecule has 0 radical (unpaired) electrons. The number of nitrogens with zero attached hydrogens (tertiary/aromatic N) is 3. The Balaban J connectivity index is 1.76. The zero-order valence-corrected chi connectivity index (χ0v) is 14.2. The van der Waals surface area contributed by atoms with Crippen LogP contribution in [-0.4, -0.2) is 17.1 Å². The molecule has 0 aliphatic carbocycles. The van der Waals surface area contributed by atoms with Gasteiger partial charge in [0.15, 0.2) is 0 Å². The van der Waals surface area contributed by atoms with Gasteiger partial charge in [0.25, 0.3) is 5.91 Å². The lowest BCUT2D eigenvalue weighted by Crippen LogP contribution is -2.25. The molecule has 7 heteroatoms. The van der Waals surface area contributed by atoms with Crippen LogP contribution >= 0.6 is 11.3 Å². The summed E-state index contributed by atoms with van der Waals surface area (Å²) in [7, 11) is 0. The second-order valence-electron chi connectivity index (χ2n) is 5.35. The average molecular weight is 365 g/mol. The number of furan rings is 1. The quantitative estimate of drug-likeness (QED) is 0.389. The van der Waals surface area contributed by atoms with Crippen molar-refractivity contribution in [1.29, 1.82) is 0 Å². The molecule has 0 aliphatic rings. The molecule has 0 atom stereocenters. The third kappa shape index (κ3) is 3.25. The molecule has 2 aromatic heterocycles. The highest BCUT2D eigenvalue weighted by atomic mass is 32.1. The van der Waals surface area contributed by atoms with Gasteiger partial charge in [-0.3, -0.25) is 4.79 Å². The number of halogens is 1. The van der Waals surface area contributed by atoms with Crippen LogP contribution in [0.5, 0.6) is 0 Å². The topological polar surface area (TPSA) is 58.7 Å². The molecule has 0 fully saturated rings. The van der Waals surface area contributed by atoms with E-state index in [1.807, 2.05) is 24.3 Å². The van der Waals surface area contributed by atoms with E-state index in [1.54, 1.807) is 12.1 Å². The molecule has 0 bridgehead atoms. The van der Waals surface area contributed by atoms with E-state index in [0.717, 1.165) is 15.2 Å². The monoisotopic (exact) mass is 365 g/mol. The maximum Gasteiger partial charge on any atom is 0.280 e. The zero-order chi connectivity index (χ0) is 17.9. The van der Waals surface area contributed by atoms with Crippen molar-refractivity contribution in [1.82, 2.24) is 4.98 Å². The first-order valence-electron chi connectivity index (χ1n) is 7.74. The number of amides is 1. The van der Waals surface area contributed by atoms with Crippen molar-refractivity contribution in [2.24, 2.45) is 5.10 Å². The van der Waals surface area contributed by atoms with E-state index >= 15 is 0 Å². The molecular weight excluding hydrogens is 353 g/mol. The lowest BCUT2D eigenvalue weighted by Gasteiger charge is -2.13. The van der Waals surface area contributed by atoms with E-state index in [1.165, 1.54) is 48.1 Å². The SMILES string of the molecule is O=C(c1cccc(F)c1)N(/N=C\c1ccco1)c1nc2ccccc2s1. The molecule has 26 heavy (non-hydrogen) atoms. The number of carbonyl (C=O) groups excluding carboxylic acids is 1. The van der Waals surface area contributed by atoms with Crippen LogP contribution in [-0.2, 0) is 0 Å². The molecule has 4 rings (SSSR count). The van der Waals surface area contributed by atoms with Gasteiger partial charge in [0.1, 0.15) is 11.6 Å². The van der Waals surface area contributed by atoms with E-state index < -0.39 is 11.7 Å². The fourth-order valence-corrected chi connectivity index (χ4v) is 3.28. The maximum atomic E-state index is 13.5. The number of hydrogen-bond donors (Lipinski definition) is 0. The summed E-state index contributed by atoms with van der Waals surface area (Å²) < 4.78 is 19.7. The van der Waals surface area contributed by atoms with Crippen LogP contribution in [0.1, 0.15) is 16.1 Å². The fourth-order valence-electron chi connectivity index (χ4n) is 2.36. The number of hydrazone groups is 1. The number of para-hydroxylation sites is 1. The van der Waals surface area contributed by atoms with Gasteiger partial charge in [-0.25, -0.2) is 9.37 Å². The van der Waals surface area contributed by atoms with E-state index in [-0.39, 0.29) is 5.56 Å². The van der Waals surface area contributed by atoms with Crippen LogP contribution in [0.4, 0.5) is 9.52 Å². The van der Waals surface area contributed by atoms with Crippen LogP contribution in [0, 0.1) is 5.82 Å². The van der Waals surface area contributed by atoms with Crippen LogP contribution < -0.4 is 5.01 Å². The molecule has 0 unspecified atom stereocenters. The van der Waals surface area contributed by atoms with Gasteiger partial charge in [-0.05, 0) is 42.5 Å².